The second kappa shape index (κ2) is 7.33. The Labute approximate surface area is 154 Å². The van der Waals surface area contributed by atoms with Crippen LogP contribution in [0.25, 0.3) is 10.6 Å². The lowest BCUT2D eigenvalue weighted by Gasteiger charge is -2.34. The molecule has 0 saturated carbocycles. The Kier molecular flexibility index (Phi) is 4.76. The predicted octanol–water partition coefficient (Wildman–Crippen LogP) is 3.16. The summed E-state index contributed by atoms with van der Waals surface area (Å²) in [6.07, 6.45) is 2.20. The fourth-order valence-corrected chi connectivity index (χ4v) is 4.41. The Hall–Kier alpha value is -2.25. The van der Waals surface area contributed by atoms with Crippen LogP contribution in [0.15, 0.2) is 47.3 Å². The average Bonchev–Trinajstić information content (AvgIpc) is 3.35. The van der Waals surface area contributed by atoms with Crippen LogP contribution < -0.4 is 4.90 Å². The number of carbonyl (C=O) groups excluding carboxylic acids is 1. The first-order valence-corrected chi connectivity index (χ1v) is 9.97. The van der Waals surface area contributed by atoms with Gasteiger partial charge in [0, 0.05) is 48.7 Å². The molecule has 2 aromatic heterocycles. The van der Waals surface area contributed by atoms with E-state index >= 15 is 0 Å². The number of nitrogens with zero attached hydrogens (tertiary/aromatic N) is 4. The second-order valence-electron chi connectivity index (χ2n) is 5.87. The van der Waals surface area contributed by atoms with E-state index in [1.807, 2.05) is 52.2 Å². The van der Waals surface area contributed by atoms with Gasteiger partial charge in [0.2, 0.25) is 5.91 Å². The molecule has 3 heterocycles. The number of anilines is 1. The Morgan fingerprint density at radius 1 is 1.08 bits per heavy atom. The molecule has 128 valence electrons. The fraction of sp³-hybridized carbons (Fsp3) is 0.278. The minimum absolute atomic E-state index is 0.156. The molecule has 1 aliphatic rings. The highest BCUT2D eigenvalue weighted by molar-refractivity contribution is 7.13. The van der Waals surface area contributed by atoms with E-state index in [1.165, 1.54) is 0 Å². The summed E-state index contributed by atoms with van der Waals surface area (Å²) in [5, 5.41) is 5.99. The number of carbonyl (C=O) groups is 1. The van der Waals surface area contributed by atoms with Crippen LogP contribution in [0.1, 0.15) is 5.69 Å². The Balaban J connectivity index is 1.34. The fourth-order valence-electron chi connectivity index (χ4n) is 2.89. The zero-order valence-corrected chi connectivity index (χ0v) is 15.3. The summed E-state index contributed by atoms with van der Waals surface area (Å²) < 4.78 is 0. The maximum absolute atomic E-state index is 12.6. The largest absolute Gasteiger partial charge is 0.345 e. The molecule has 0 spiro atoms. The number of piperazine rings is 1. The molecule has 5 nitrogen and oxygen atoms in total. The summed E-state index contributed by atoms with van der Waals surface area (Å²) >= 11 is 3.24. The molecule has 1 amide bonds. The van der Waals surface area contributed by atoms with E-state index in [1.54, 1.807) is 22.7 Å². The first-order chi connectivity index (χ1) is 12.3. The van der Waals surface area contributed by atoms with Gasteiger partial charge in [-0.05, 0) is 0 Å². The van der Waals surface area contributed by atoms with Crippen LogP contribution in [0.3, 0.4) is 0 Å². The molecular formula is C18H18N4OS2. The quantitative estimate of drug-likeness (QED) is 0.708. The minimum Gasteiger partial charge on any atom is -0.345 e. The lowest BCUT2D eigenvalue weighted by atomic mass is 10.2. The summed E-state index contributed by atoms with van der Waals surface area (Å²) in [6.45, 7) is 3.17. The molecule has 0 atom stereocenters. The maximum Gasteiger partial charge on any atom is 0.228 e. The van der Waals surface area contributed by atoms with Crippen molar-refractivity contribution in [3.8, 4) is 10.6 Å². The van der Waals surface area contributed by atoms with Gasteiger partial charge in [-0.3, -0.25) is 4.79 Å². The van der Waals surface area contributed by atoms with E-state index in [0.29, 0.717) is 6.42 Å². The van der Waals surface area contributed by atoms with Gasteiger partial charge in [0.15, 0.2) is 5.13 Å². The first-order valence-electron chi connectivity index (χ1n) is 8.21. The highest BCUT2D eigenvalue weighted by Gasteiger charge is 2.23. The van der Waals surface area contributed by atoms with Crippen LogP contribution in [-0.2, 0) is 11.2 Å². The van der Waals surface area contributed by atoms with E-state index in [-0.39, 0.29) is 5.91 Å². The van der Waals surface area contributed by atoms with Gasteiger partial charge in [0.25, 0.3) is 0 Å². The van der Waals surface area contributed by atoms with Crippen molar-refractivity contribution in [2.75, 3.05) is 31.1 Å². The molecule has 3 aromatic rings. The van der Waals surface area contributed by atoms with Crippen LogP contribution in [0.4, 0.5) is 5.13 Å². The number of hydrogen-bond donors (Lipinski definition) is 0. The highest BCUT2D eigenvalue weighted by atomic mass is 32.1. The molecular weight excluding hydrogens is 352 g/mol. The zero-order chi connectivity index (χ0) is 17.1. The van der Waals surface area contributed by atoms with Crippen molar-refractivity contribution >= 4 is 33.7 Å². The molecule has 4 rings (SSSR count). The van der Waals surface area contributed by atoms with Gasteiger partial charge in [-0.2, -0.15) is 0 Å². The van der Waals surface area contributed by atoms with Gasteiger partial charge in [0.1, 0.15) is 5.01 Å². The topological polar surface area (TPSA) is 49.3 Å². The number of thiazole rings is 2. The minimum atomic E-state index is 0.156. The monoisotopic (exact) mass is 370 g/mol. The third-order valence-corrected chi connectivity index (χ3v) is 6.00. The van der Waals surface area contributed by atoms with Crippen molar-refractivity contribution in [1.82, 2.24) is 14.9 Å². The van der Waals surface area contributed by atoms with Crippen molar-refractivity contribution in [1.29, 1.82) is 0 Å². The molecule has 0 aliphatic carbocycles. The molecule has 1 aromatic carbocycles. The average molecular weight is 371 g/mol. The van der Waals surface area contributed by atoms with Gasteiger partial charge >= 0.3 is 0 Å². The Morgan fingerprint density at radius 2 is 1.88 bits per heavy atom. The van der Waals surface area contributed by atoms with Crippen LogP contribution in [0.5, 0.6) is 0 Å². The van der Waals surface area contributed by atoms with Gasteiger partial charge in [0.05, 0.1) is 12.1 Å². The van der Waals surface area contributed by atoms with Crippen LogP contribution in [-0.4, -0.2) is 47.0 Å². The highest BCUT2D eigenvalue weighted by Crippen LogP contribution is 2.24. The van der Waals surface area contributed by atoms with Gasteiger partial charge in [-0.15, -0.1) is 22.7 Å². The first kappa shape index (κ1) is 16.2. The number of aromatic nitrogens is 2. The smallest absolute Gasteiger partial charge is 0.228 e. The molecule has 7 heteroatoms. The van der Waals surface area contributed by atoms with Crippen LogP contribution >= 0.6 is 22.7 Å². The third-order valence-electron chi connectivity index (χ3n) is 4.23. The molecule has 0 N–H and O–H groups in total. The number of amides is 1. The van der Waals surface area contributed by atoms with Crippen LogP contribution in [0, 0.1) is 0 Å². The van der Waals surface area contributed by atoms with Gasteiger partial charge in [-0.1, -0.05) is 30.3 Å². The molecule has 1 fully saturated rings. The van der Waals surface area contributed by atoms with E-state index < -0.39 is 0 Å². The Morgan fingerprint density at radius 3 is 2.60 bits per heavy atom. The van der Waals surface area contributed by atoms with Crippen molar-refractivity contribution in [3.63, 3.8) is 0 Å². The normalized spacial score (nSPS) is 14.7. The number of rotatable bonds is 4. The zero-order valence-electron chi connectivity index (χ0n) is 13.7. The SMILES string of the molecule is O=C(Cc1csc(-c2ccccc2)n1)N1CCN(c2nccs2)CC1. The molecule has 0 unspecified atom stereocenters. The van der Waals surface area contributed by atoms with E-state index in [9.17, 15) is 4.79 Å². The van der Waals surface area contributed by atoms with E-state index in [2.05, 4.69) is 14.9 Å². The van der Waals surface area contributed by atoms with Crippen molar-refractivity contribution in [3.05, 3.63) is 53.0 Å². The van der Waals surface area contributed by atoms with Gasteiger partial charge in [-0.25, -0.2) is 9.97 Å². The molecule has 25 heavy (non-hydrogen) atoms. The standard InChI is InChI=1S/C18H18N4OS2/c23-16(21-7-9-22(10-8-21)18-19-6-11-24-18)12-15-13-25-17(20-15)14-4-2-1-3-5-14/h1-6,11,13H,7-10,12H2. The van der Waals surface area contributed by atoms with Crippen molar-refractivity contribution in [2.45, 2.75) is 6.42 Å². The summed E-state index contributed by atoms with van der Waals surface area (Å²) in [6, 6.07) is 10.1. The van der Waals surface area contributed by atoms with E-state index in [0.717, 1.165) is 47.6 Å². The summed E-state index contributed by atoms with van der Waals surface area (Å²) in [5.41, 5.74) is 1.96. The molecule has 0 radical (unpaired) electrons. The second-order valence-corrected chi connectivity index (χ2v) is 7.60. The summed E-state index contributed by atoms with van der Waals surface area (Å²) in [7, 11) is 0. The van der Waals surface area contributed by atoms with Crippen molar-refractivity contribution in [2.24, 2.45) is 0 Å². The number of hydrogen-bond acceptors (Lipinski definition) is 6. The predicted molar refractivity (Wildman–Crippen MR) is 102 cm³/mol. The lowest BCUT2D eigenvalue weighted by molar-refractivity contribution is -0.130. The maximum atomic E-state index is 12.6. The van der Waals surface area contributed by atoms with Crippen LogP contribution in [0.2, 0.25) is 0 Å². The number of benzene rings is 1. The van der Waals surface area contributed by atoms with E-state index in [4.69, 9.17) is 0 Å². The molecule has 1 aliphatic heterocycles. The van der Waals surface area contributed by atoms with Crippen molar-refractivity contribution < 1.29 is 4.79 Å². The third kappa shape index (κ3) is 3.72. The van der Waals surface area contributed by atoms with Gasteiger partial charge < -0.3 is 9.80 Å². The summed E-state index contributed by atoms with van der Waals surface area (Å²) in [4.78, 5) is 25.7. The molecule has 0 bridgehead atoms. The summed E-state index contributed by atoms with van der Waals surface area (Å²) in [5.74, 6) is 0.156. The lowest BCUT2D eigenvalue weighted by Crippen LogP contribution is -2.49. The molecule has 1 saturated heterocycles. The Bertz CT molecular complexity index is 824.